The van der Waals surface area contributed by atoms with Crippen LogP contribution < -0.4 is 23.8 Å². The summed E-state index contributed by atoms with van der Waals surface area (Å²) in [4.78, 5) is 12.9. The molecule has 0 aliphatic carbocycles. The molecule has 0 aromatic heterocycles. The number of rotatable bonds is 8. The van der Waals surface area contributed by atoms with Crippen molar-refractivity contribution in [3.63, 3.8) is 0 Å². The Labute approximate surface area is 197 Å². The van der Waals surface area contributed by atoms with E-state index >= 15 is 0 Å². The molecule has 3 rings (SSSR count). The number of methoxy groups -OCH3 is 3. The summed E-state index contributed by atoms with van der Waals surface area (Å²) in [5.41, 5.74) is 1.10. The second kappa shape index (κ2) is 10.0. The molecular formula is C23H23ClN2O6S. The molecule has 10 heteroatoms. The second-order valence-electron chi connectivity index (χ2n) is 6.84. The lowest BCUT2D eigenvalue weighted by molar-refractivity contribution is 0.102. The highest BCUT2D eigenvalue weighted by molar-refractivity contribution is 7.92. The molecule has 0 radical (unpaired) electrons. The molecule has 1 N–H and O–H groups in total. The van der Waals surface area contributed by atoms with Crippen LogP contribution in [0.25, 0.3) is 0 Å². The van der Waals surface area contributed by atoms with Crippen molar-refractivity contribution in [1.82, 2.24) is 0 Å². The summed E-state index contributed by atoms with van der Waals surface area (Å²) in [6, 6.07) is 15.4. The third kappa shape index (κ3) is 5.15. The molecular weight excluding hydrogens is 468 g/mol. The number of nitrogens with one attached hydrogen (secondary N) is 1. The van der Waals surface area contributed by atoms with Gasteiger partial charge in [-0.1, -0.05) is 11.6 Å². The van der Waals surface area contributed by atoms with Gasteiger partial charge in [0, 0.05) is 24.7 Å². The van der Waals surface area contributed by atoms with Gasteiger partial charge in [-0.2, -0.15) is 0 Å². The first-order valence-corrected chi connectivity index (χ1v) is 11.5. The van der Waals surface area contributed by atoms with Crippen molar-refractivity contribution in [1.29, 1.82) is 0 Å². The van der Waals surface area contributed by atoms with Gasteiger partial charge in [-0.05, 0) is 48.5 Å². The number of halogens is 1. The highest BCUT2D eigenvalue weighted by atomic mass is 35.5. The quantitative estimate of drug-likeness (QED) is 0.501. The molecule has 1 amide bonds. The summed E-state index contributed by atoms with van der Waals surface area (Å²) < 4.78 is 42.5. The Bertz CT molecular complexity index is 1250. The van der Waals surface area contributed by atoms with E-state index in [1.165, 1.54) is 58.7 Å². The van der Waals surface area contributed by atoms with Crippen molar-refractivity contribution in [2.75, 3.05) is 38.0 Å². The Morgan fingerprint density at radius 1 is 0.879 bits per heavy atom. The van der Waals surface area contributed by atoms with Crippen molar-refractivity contribution >= 4 is 38.9 Å². The van der Waals surface area contributed by atoms with Gasteiger partial charge in [-0.25, -0.2) is 8.42 Å². The van der Waals surface area contributed by atoms with Gasteiger partial charge in [-0.15, -0.1) is 0 Å². The summed E-state index contributed by atoms with van der Waals surface area (Å²) in [5.74, 6) is 0.899. The van der Waals surface area contributed by atoms with Gasteiger partial charge in [-0.3, -0.25) is 9.10 Å². The van der Waals surface area contributed by atoms with Crippen molar-refractivity contribution in [2.24, 2.45) is 0 Å². The average Bonchev–Trinajstić information content (AvgIpc) is 2.84. The minimum Gasteiger partial charge on any atom is -0.497 e. The number of hydrogen-bond donors (Lipinski definition) is 1. The van der Waals surface area contributed by atoms with E-state index in [1.54, 1.807) is 30.3 Å². The molecule has 0 fully saturated rings. The largest absolute Gasteiger partial charge is 0.497 e. The third-order valence-electron chi connectivity index (χ3n) is 4.93. The Hall–Kier alpha value is -3.43. The monoisotopic (exact) mass is 490 g/mol. The van der Waals surface area contributed by atoms with Gasteiger partial charge in [0.1, 0.15) is 17.2 Å². The van der Waals surface area contributed by atoms with Gasteiger partial charge in [0.2, 0.25) is 0 Å². The van der Waals surface area contributed by atoms with Gasteiger partial charge >= 0.3 is 0 Å². The van der Waals surface area contributed by atoms with Crippen molar-refractivity contribution in [3.8, 4) is 17.2 Å². The van der Waals surface area contributed by atoms with E-state index in [0.717, 1.165) is 4.31 Å². The van der Waals surface area contributed by atoms with Gasteiger partial charge in [0.05, 0.1) is 42.6 Å². The molecule has 0 atom stereocenters. The molecule has 33 heavy (non-hydrogen) atoms. The van der Waals surface area contributed by atoms with E-state index in [-0.39, 0.29) is 4.90 Å². The Kier molecular flexibility index (Phi) is 7.35. The highest BCUT2D eigenvalue weighted by Gasteiger charge is 2.22. The molecule has 0 unspecified atom stereocenters. The van der Waals surface area contributed by atoms with Crippen LogP contribution in [-0.2, 0) is 10.0 Å². The van der Waals surface area contributed by atoms with E-state index in [1.807, 2.05) is 0 Å². The maximum atomic E-state index is 12.9. The Balaban J connectivity index is 1.80. The summed E-state index contributed by atoms with van der Waals surface area (Å²) >= 11 is 6.10. The van der Waals surface area contributed by atoms with Crippen LogP contribution in [0.3, 0.4) is 0 Å². The van der Waals surface area contributed by atoms with E-state index in [9.17, 15) is 13.2 Å². The van der Waals surface area contributed by atoms with Gasteiger partial charge in [0.15, 0.2) is 0 Å². The number of ether oxygens (including phenoxy) is 3. The van der Waals surface area contributed by atoms with Crippen LogP contribution in [0.5, 0.6) is 17.2 Å². The van der Waals surface area contributed by atoms with Crippen LogP contribution in [0.4, 0.5) is 11.4 Å². The standard InChI is InChI=1S/C23H23ClN2O6S/c1-26(33(28,29)18-11-9-17(30-2)10-12-18)16-7-5-15(6-8-16)23(27)25-20-14-21(31-3)19(24)13-22(20)32-4/h5-14H,1-4H3,(H,25,27). The molecule has 3 aromatic rings. The maximum Gasteiger partial charge on any atom is 0.264 e. The number of carbonyl (C=O) groups is 1. The molecule has 0 bridgehead atoms. The topological polar surface area (TPSA) is 94.2 Å². The summed E-state index contributed by atoms with van der Waals surface area (Å²) in [6.45, 7) is 0. The fourth-order valence-corrected chi connectivity index (χ4v) is 4.45. The van der Waals surface area contributed by atoms with Crippen LogP contribution in [0.15, 0.2) is 65.6 Å². The number of anilines is 2. The number of benzene rings is 3. The van der Waals surface area contributed by atoms with Crippen LogP contribution in [-0.4, -0.2) is 42.7 Å². The Morgan fingerprint density at radius 3 is 2.03 bits per heavy atom. The fourth-order valence-electron chi connectivity index (χ4n) is 3.02. The number of hydrogen-bond acceptors (Lipinski definition) is 6. The predicted octanol–water partition coefficient (Wildman–Crippen LogP) is 4.44. The molecule has 0 heterocycles. The first-order valence-electron chi connectivity index (χ1n) is 9.67. The van der Waals surface area contributed by atoms with Crippen molar-refractivity contribution in [2.45, 2.75) is 4.90 Å². The van der Waals surface area contributed by atoms with Crippen molar-refractivity contribution < 1.29 is 27.4 Å². The molecule has 0 aliphatic rings. The lowest BCUT2D eigenvalue weighted by Crippen LogP contribution is -2.26. The predicted molar refractivity (Wildman–Crippen MR) is 128 cm³/mol. The molecule has 0 spiro atoms. The smallest absolute Gasteiger partial charge is 0.264 e. The van der Waals surface area contributed by atoms with E-state index in [2.05, 4.69) is 5.32 Å². The normalized spacial score (nSPS) is 10.9. The van der Waals surface area contributed by atoms with E-state index in [0.29, 0.717) is 39.2 Å². The van der Waals surface area contributed by atoms with Crippen LogP contribution in [0.1, 0.15) is 10.4 Å². The SMILES string of the molecule is COc1ccc(S(=O)(=O)N(C)c2ccc(C(=O)Nc3cc(OC)c(Cl)cc3OC)cc2)cc1. The van der Waals surface area contributed by atoms with E-state index < -0.39 is 15.9 Å². The molecule has 0 saturated heterocycles. The molecule has 174 valence electrons. The van der Waals surface area contributed by atoms with Crippen LogP contribution in [0.2, 0.25) is 5.02 Å². The highest BCUT2D eigenvalue weighted by Crippen LogP contribution is 2.36. The van der Waals surface area contributed by atoms with Crippen LogP contribution in [0, 0.1) is 0 Å². The summed E-state index contributed by atoms with van der Waals surface area (Å²) in [5, 5.41) is 3.09. The maximum absolute atomic E-state index is 12.9. The first-order chi connectivity index (χ1) is 15.7. The molecule has 3 aromatic carbocycles. The molecule has 0 saturated carbocycles. The lowest BCUT2D eigenvalue weighted by Gasteiger charge is -2.20. The molecule has 0 aliphatic heterocycles. The zero-order valence-electron chi connectivity index (χ0n) is 18.5. The number of nitrogens with zero attached hydrogens (tertiary/aromatic N) is 1. The average molecular weight is 491 g/mol. The first kappa shape index (κ1) is 24.2. The number of carbonyl (C=O) groups excluding carboxylic acids is 1. The summed E-state index contributed by atoms with van der Waals surface area (Å²) in [7, 11) is 2.09. The zero-order valence-corrected chi connectivity index (χ0v) is 20.0. The number of amides is 1. The van der Waals surface area contributed by atoms with E-state index in [4.69, 9.17) is 25.8 Å². The minimum atomic E-state index is -3.79. The Morgan fingerprint density at radius 2 is 1.48 bits per heavy atom. The zero-order chi connectivity index (χ0) is 24.2. The van der Waals surface area contributed by atoms with Gasteiger partial charge < -0.3 is 19.5 Å². The second-order valence-corrected chi connectivity index (χ2v) is 9.21. The lowest BCUT2D eigenvalue weighted by atomic mass is 10.2. The van der Waals surface area contributed by atoms with Crippen molar-refractivity contribution in [3.05, 3.63) is 71.2 Å². The number of sulfonamides is 1. The minimum absolute atomic E-state index is 0.122. The summed E-state index contributed by atoms with van der Waals surface area (Å²) in [6.07, 6.45) is 0. The fraction of sp³-hybridized carbons (Fsp3) is 0.174. The van der Waals surface area contributed by atoms with Crippen LogP contribution >= 0.6 is 11.6 Å². The van der Waals surface area contributed by atoms with Gasteiger partial charge in [0.25, 0.3) is 15.9 Å². The third-order valence-corrected chi connectivity index (χ3v) is 7.03. The molecule has 8 nitrogen and oxygen atoms in total.